The van der Waals surface area contributed by atoms with Crippen molar-refractivity contribution in [1.82, 2.24) is 5.32 Å². The molecule has 0 aliphatic carbocycles. The van der Waals surface area contributed by atoms with Gasteiger partial charge >= 0.3 is 5.97 Å². The first kappa shape index (κ1) is 9.62. The van der Waals surface area contributed by atoms with Crippen LogP contribution in [0.4, 0.5) is 0 Å². The van der Waals surface area contributed by atoms with E-state index in [1.807, 2.05) is 0 Å². The molecule has 68 valence electrons. The van der Waals surface area contributed by atoms with E-state index in [-0.39, 0.29) is 8.46 Å². The van der Waals surface area contributed by atoms with Gasteiger partial charge in [0.25, 0.3) is 0 Å². The molecule has 0 saturated carbocycles. The number of rotatable bonds is 3. The van der Waals surface area contributed by atoms with Crippen LogP contribution in [-0.2, 0) is 9.36 Å². The maximum Gasteiger partial charge on any atom is 0.320 e. The number of carbonyl (C=O) groups is 1. The number of hydrogen-bond acceptors (Lipinski definition) is 3. The molecular formula is C7H12NO3P. The lowest BCUT2D eigenvalue weighted by atomic mass is 9.94. The molecule has 0 aromatic rings. The third-order valence-corrected chi connectivity index (χ3v) is 2.81. The quantitative estimate of drug-likeness (QED) is 0.642. The molecule has 1 fully saturated rings. The molecule has 1 rings (SSSR count). The molecule has 0 bridgehead atoms. The van der Waals surface area contributed by atoms with Crippen LogP contribution in [0.5, 0.6) is 0 Å². The summed E-state index contributed by atoms with van der Waals surface area (Å²) < 4.78 is 10.3. The number of hydrogen-bond donors (Lipinski definition) is 2. The average molecular weight is 189 g/mol. The van der Waals surface area contributed by atoms with Crippen LogP contribution >= 0.6 is 8.46 Å². The Bertz CT molecular complexity index is 185. The zero-order valence-corrected chi connectivity index (χ0v) is 7.59. The Morgan fingerprint density at radius 3 is 3.00 bits per heavy atom. The predicted octanol–water partition coefficient (Wildman–Crippen LogP) is 0.731. The van der Waals surface area contributed by atoms with Crippen LogP contribution in [0.3, 0.4) is 0 Å². The van der Waals surface area contributed by atoms with E-state index < -0.39 is 12.0 Å². The predicted molar refractivity (Wildman–Crippen MR) is 44.6 cm³/mol. The highest BCUT2D eigenvalue weighted by Gasteiger charge is 2.25. The summed E-state index contributed by atoms with van der Waals surface area (Å²) in [6, 6.07) is -0.439. The van der Waals surface area contributed by atoms with Gasteiger partial charge in [0.2, 0.25) is 0 Å². The van der Waals surface area contributed by atoms with E-state index in [2.05, 4.69) is 5.32 Å². The summed E-state index contributed by atoms with van der Waals surface area (Å²) >= 11 is 0. The molecule has 0 spiro atoms. The van der Waals surface area contributed by atoms with E-state index in [9.17, 15) is 9.36 Å². The second-order valence-corrected chi connectivity index (χ2v) is 3.67. The van der Waals surface area contributed by atoms with Gasteiger partial charge in [0.1, 0.15) is 6.04 Å². The Morgan fingerprint density at radius 1 is 1.67 bits per heavy atom. The lowest BCUT2D eigenvalue weighted by Gasteiger charge is -2.25. The van der Waals surface area contributed by atoms with Gasteiger partial charge in [-0.2, -0.15) is 0 Å². The zero-order chi connectivity index (χ0) is 8.97. The van der Waals surface area contributed by atoms with E-state index in [1.54, 1.807) is 0 Å². The van der Waals surface area contributed by atoms with Crippen LogP contribution < -0.4 is 5.32 Å². The molecule has 2 N–H and O–H groups in total. The fraction of sp³-hybridized carbons (Fsp3) is 0.857. The van der Waals surface area contributed by atoms with E-state index >= 15 is 0 Å². The summed E-state index contributed by atoms with van der Waals surface area (Å²) in [7, 11) is 0.126. The van der Waals surface area contributed by atoms with Gasteiger partial charge in [-0.15, -0.1) is 0 Å². The van der Waals surface area contributed by atoms with Gasteiger partial charge in [-0.05, 0) is 25.3 Å². The molecular weight excluding hydrogens is 177 g/mol. The van der Waals surface area contributed by atoms with E-state index in [4.69, 9.17) is 5.11 Å². The highest BCUT2D eigenvalue weighted by Crippen LogP contribution is 2.19. The molecule has 5 heteroatoms. The van der Waals surface area contributed by atoms with Gasteiger partial charge in [0.15, 0.2) is 8.46 Å². The minimum Gasteiger partial charge on any atom is -0.480 e. The second kappa shape index (κ2) is 4.53. The molecule has 0 radical (unpaired) electrons. The van der Waals surface area contributed by atoms with Gasteiger partial charge in [-0.3, -0.25) is 9.36 Å². The molecule has 4 nitrogen and oxygen atoms in total. The number of piperidine rings is 1. The van der Waals surface area contributed by atoms with E-state index in [1.165, 1.54) is 0 Å². The maximum atomic E-state index is 10.6. The number of carboxylic acids is 1. The van der Waals surface area contributed by atoms with Gasteiger partial charge < -0.3 is 10.4 Å². The second-order valence-electron chi connectivity index (χ2n) is 3.05. The van der Waals surface area contributed by atoms with Crippen LogP contribution in [0.15, 0.2) is 0 Å². The highest BCUT2D eigenvalue weighted by molar-refractivity contribution is 7.23. The molecule has 1 saturated heterocycles. The maximum absolute atomic E-state index is 10.6. The summed E-state index contributed by atoms with van der Waals surface area (Å²) in [5.74, 6) is -0.506. The standard InChI is InChI=1S/C7H12NO3P/c9-7(10)6-3-5(4-12-11)1-2-8-6/h5-6,8H,1-4H2,(H,9,10)/t5-,6+/m0/s1. The molecule has 12 heavy (non-hydrogen) atoms. The molecule has 0 amide bonds. The molecule has 1 aliphatic heterocycles. The van der Waals surface area contributed by atoms with E-state index in [0.29, 0.717) is 18.5 Å². The monoisotopic (exact) mass is 189 g/mol. The summed E-state index contributed by atoms with van der Waals surface area (Å²) in [5.41, 5.74) is 0. The molecule has 1 aliphatic rings. The van der Waals surface area contributed by atoms with Crippen LogP contribution in [0, 0.1) is 5.92 Å². The molecule has 0 unspecified atom stereocenters. The summed E-state index contributed by atoms with van der Waals surface area (Å²) in [6.45, 7) is 0.719. The largest absolute Gasteiger partial charge is 0.480 e. The van der Waals surface area contributed by atoms with Crippen molar-refractivity contribution in [3.05, 3.63) is 0 Å². The van der Waals surface area contributed by atoms with Crippen molar-refractivity contribution < 1.29 is 14.5 Å². The molecule has 1 heterocycles. The highest BCUT2D eigenvalue weighted by atomic mass is 31.1. The summed E-state index contributed by atoms with van der Waals surface area (Å²) in [5, 5.41) is 11.6. The van der Waals surface area contributed by atoms with Crippen molar-refractivity contribution >= 4 is 14.4 Å². The zero-order valence-electron chi connectivity index (χ0n) is 6.69. The van der Waals surface area contributed by atoms with Crippen LogP contribution in [0.1, 0.15) is 12.8 Å². The average Bonchev–Trinajstić information content (AvgIpc) is 2.05. The molecule has 0 aromatic heterocycles. The van der Waals surface area contributed by atoms with Crippen molar-refractivity contribution in [2.75, 3.05) is 12.7 Å². The Balaban J connectivity index is 2.39. The lowest BCUT2D eigenvalue weighted by Crippen LogP contribution is -2.43. The normalized spacial score (nSPS) is 30.3. The van der Waals surface area contributed by atoms with Gasteiger partial charge in [-0.1, -0.05) is 0 Å². The van der Waals surface area contributed by atoms with Crippen LogP contribution in [0.25, 0.3) is 0 Å². The van der Waals surface area contributed by atoms with Gasteiger partial charge in [-0.25, -0.2) is 0 Å². The van der Waals surface area contributed by atoms with Crippen molar-refractivity contribution in [3.63, 3.8) is 0 Å². The third kappa shape index (κ3) is 2.54. The number of aliphatic carboxylic acids is 1. The summed E-state index contributed by atoms with van der Waals surface area (Å²) in [6.07, 6.45) is 2.12. The number of carboxylic acid groups (broad SMARTS) is 1. The first-order valence-corrected chi connectivity index (χ1v) is 4.99. The minimum absolute atomic E-state index is 0.126. The minimum atomic E-state index is -0.803. The SMILES string of the molecule is O=PC[C@H]1CCN[C@@H](C(=O)O)C1. The fourth-order valence-corrected chi connectivity index (χ4v) is 2.00. The van der Waals surface area contributed by atoms with Crippen molar-refractivity contribution in [1.29, 1.82) is 0 Å². The smallest absolute Gasteiger partial charge is 0.320 e. The topological polar surface area (TPSA) is 66.4 Å². The first-order chi connectivity index (χ1) is 5.74. The Hall–Kier alpha value is -0.470. The van der Waals surface area contributed by atoms with Crippen molar-refractivity contribution in [3.8, 4) is 0 Å². The molecule has 0 aromatic carbocycles. The molecule has 2 atom stereocenters. The van der Waals surface area contributed by atoms with Crippen LogP contribution in [-0.4, -0.2) is 29.8 Å². The fourth-order valence-electron chi connectivity index (χ4n) is 1.46. The first-order valence-electron chi connectivity index (χ1n) is 3.99. The third-order valence-electron chi connectivity index (χ3n) is 2.14. The Morgan fingerprint density at radius 2 is 2.42 bits per heavy atom. The van der Waals surface area contributed by atoms with Gasteiger partial charge in [0, 0.05) is 6.16 Å². The van der Waals surface area contributed by atoms with Gasteiger partial charge in [0.05, 0.1) is 0 Å². The Labute approximate surface area is 72.5 Å². The number of nitrogens with one attached hydrogen (secondary N) is 1. The van der Waals surface area contributed by atoms with E-state index in [0.717, 1.165) is 13.0 Å². The Kier molecular flexibility index (Phi) is 3.63. The lowest BCUT2D eigenvalue weighted by molar-refractivity contribution is -0.140. The van der Waals surface area contributed by atoms with Crippen molar-refractivity contribution in [2.24, 2.45) is 5.92 Å². The summed E-state index contributed by atoms with van der Waals surface area (Å²) in [4.78, 5) is 10.6. The van der Waals surface area contributed by atoms with Crippen molar-refractivity contribution in [2.45, 2.75) is 18.9 Å². The van der Waals surface area contributed by atoms with Crippen LogP contribution in [0.2, 0.25) is 0 Å².